The van der Waals surface area contributed by atoms with Gasteiger partial charge in [0.15, 0.2) is 0 Å². The Bertz CT molecular complexity index is 1020. The molecule has 0 aromatic heterocycles. The van der Waals surface area contributed by atoms with Gasteiger partial charge in [-0.2, -0.15) is 0 Å². The van der Waals surface area contributed by atoms with Crippen LogP contribution in [0.25, 0.3) is 6.08 Å². The van der Waals surface area contributed by atoms with Gasteiger partial charge in [0.1, 0.15) is 0 Å². The molecule has 3 aliphatic carbocycles. The summed E-state index contributed by atoms with van der Waals surface area (Å²) in [6.45, 7) is 15.3. The summed E-state index contributed by atoms with van der Waals surface area (Å²) in [6.07, 6.45) is 9.05. The van der Waals surface area contributed by atoms with E-state index in [0.29, 0.717) is 11.8 Å². The molecule has 150 valence electrons. The van der Waals surface area contributed by atoms with Crippen LogP contribution in [0.2, 0.25) is 5.02 Å². The Morgan fingerprint density at radius 2 is 2.00 bits per heavy atom. The summed E-state index contributed by atoms with van der Waals surface area (Å²) in [5.41, 5.74) is 13.8. The maximum absolute atomic E-state index is 6.39. The maximum atomic E-state index is 6.39. The van der Waals surface area contributed by atoms with Gasteiger partial charge in [-0.05, 0) is 77.3 Å². The highest BCUT2D eigenvalue weighted by Gasteiger charge is 2.43. The predicted molar refractivity (Wildman–Crippen MR) is 125 cm³/mol. The molecule has 3 aliphatic rings. The number of benzene rings is 1. The fourth-order valence-corrected chi connectivity index (χ4v) is 4.50. The van der Waals surface area contributed by atoms with E-state index in [1.54, 1.807) is 0 Å². The van der Waals surface area contributed by atoms with Crippen LogP contribution >= 0.6 is 11.6 Å². The molecular weight excluding hydrogens is 374 g/mol. The van der Waals surface area contributed by atoms with Crippen molar-refractivity contribution in [2.75, 3.05) is 13.1 Å². The van der Waals surface area contributed by atoms with E-state index in [9.17, 15) is 0 Å². The first-order valence-corrected chi connectivity index (χ1v) is 11.1. The summed E-state index contributed by atoms with van der Waals surface area (Å²) in [5.74, 6) is 1.00. The highest BCUT2D eigenvalue weighted by Crippen LogP contribution is 2.57. The van der Waals surface area contributed by atoms with Crippen LogP contribution in [0.5, 0.6) is 0 Å². The first-order valence-electron chi connectivity index (χ1n) is 10.8. The molecule has 0 fully saturated rings. The van der Waals surface area contributed by atoms with Crippen LogP contribution in [0, 0.1) is 5.92 Å². The number of nitrogens with zero attached hydrogens (tertiary/aromatic N) is 1. The molecule has 1 nitrogen and oxygen atoms in total. The summed E-state index contributed by atoms with van der Waals surface area (Å²) in [7, 11) is 0. The van der Waals surface area contributed by atoms with Gasteiger partial charge in [0.2, 0.25) is 0 Å². The summed E-state index contributed by atoms with van der Waals surface area (Å²) in [6, 6.07) is 6.32. The average Bonchev–Trinajstić information content (AvgIpc) is 3.40. The van der Waals surface area contributed by atoms with E-state index in [1.807, 2.05) is 6.07 Å². The topological polar surface area (TPSA) is 3.24 Å². The van der Waals surface area contributed by atoms with Gasteiger partial charge in [0, 0.05) is 29.6 Å². The zero-order chi connectivity index (χ0) is 20.7. The van der Waals surface area contributed by atoms with Crippen LogP contribution in [-0.4, -0.2) is 18.0 Å². The summed E-state index contributed by atoms with van der Waals surface area (Å²) < 4.78 is 0. The molecular formula is C27H30ClN. The van der Waals surface area contributed by atoms with Crippen molar-refractivity contribution in [1.82, 2.24) is 4.90 Å². The molecule has 0 amide bonds. The van der Waals surface area contributed by atoms with Crippen molar-refractivity contribution in [3.05, 3.63) is 92.4 Å². The third-order valence-electron chi connectivity index (χ3n) is 6.07. The third kappa shape index (κ3) is 3.82. The number of allylic oxidation sites excluding steroid dienone is 5. The normalized spacial score (nSPS) is 19.6. The monoisotopic (exact) mass is 403 g/mol. The smallest absolute Gasteiger partial charge is 0.0528 e. The molecule has 0 N–H and O–H groups in total. The minimum absolute atomic E-state index is 0.323. The second-order valence-corrected chi connectivity index (χ2v) is 9.19. The quantitative estimate of drug-likeness (QED) is 0.446. The number of rotatable bonds is 6. The average molecular weight is 404 g/mol. The lowest BCUT2D eigenvalue weighted by Crippen LogP contribution is -2.27. The lowest BCUT2D eigenvalue weighted by atomic mass is 9.99. The predicted octanol–water partition coefficient (Wildman–Crippen LogP) is 7.44. The summed E-state index contributed by atoms with van der Waals surface area (Å²) in [5, 5.41) is 0.803. The zero-order valence-corrected chi connectivity index (χ0v) is 18.7. The number of hydrogen-bond acceptors (Lipinski definition) is 1. The first-order chi connectivity index (χ1) is 13.9. The van der Waals surface area contributed by atoms with Gasteiger partial charge in [0.25, 0.3) is 0 Å². The SMILES string of the molecule is C=C1C=CC2=C3C(=C=C1C)C(N(CCC)CCC(C)C)=Cc1ccc(Cl)cc1C23. The molecule has 29 heavy (non-hydrogen) atoms. The van der Waals surface area contributed by atoms with Gasteiger partial charge >= 0.3 is 0 Å². The highest BCUT2D eigenvalue weighted by molar-refractivity contribution is 6.30. The minimum atomic E-state index is 0.323. The van der Waals surface area contributed by atoms with E-state index in [2.05, 4.69) is 75.3 Å². The first kappa shape index (κ1) is 20.1. The maximum Gasteiger partial charge on any atom is 0.0528 e. The molecule has 1 unspecified atom stereocenters. The molecule has 1 aromatic carbocycles. The van der Waals surface area contributed by atoms with E-state index in [-0.39, 0.29) is 0 Å². The molecule has 0 heterocycles. The van der Waals surface area contributed by atoms with E-state index >= 15 is 0 Å². The summed E-state index contributed by atoms with van der Waals surface area (Å²) in [4.78, 5) is 2.56. The largest absolute Gasteiger partial charge is 0.371 e. The molecule has 0 aliphatic heterocycles. The molecule has 0 saturated heterocycles. The van der Waals surface area contributed by atoms with Crippen LogP contribution in [0.1, 0.15) is 57.6 Å². The molecule has 1 atom stereocenters. The van der Waals surface area contributed by atoms with E-state index in [0.717, 1.165) is 35.7 Å². The molecule has 0 radical (unpaired) electrons. The molecule has 0 spiro atoms. The van der Waals surface area contributed by atoms with Crippen molar-refractivity contribution in [1.29, 1.82) is 0 Å². The van der Waals surface area contributed by atoms with Crippen molar-refractivity contribution in [3.8, 4) is 0 Å². The second kappa shape index (κ2) is 7.90. The molecule has 0 saturated carbocycles. The van der Waals surface area contributed by atoms with Crippen LogP contribution < -0.4 is 0 Å². The van der Waals surface area contributed by atoms with Gasteiger partial charge in [0.05, 0.1) is 5.70 Å². The Labute approximate surface area is 180 Å². The number of fused-ring (bicyclic) bond motifs is 3. The third-order valence-corrected chi connectivity index (χ3v) is 6.31. The minimum Gasteiger partial charge on any atom is -0.371 e. The molecule has 0 bridgehead atoms. The Hall–Kier alpha value is -2.21. The van der Waals surface area contributed by atoms with Crippen molar-refractivity contribution >= 4 is 17.7 Å². The second-order valence-electron chi connectivity index (χ2n) is 8.76. The van der Waals surface area contributed by atoms with Crippen molar-refractivity contribution < 1.29 is 0 Å². The van der Waals surface area contributed by atoms with E-state index in [4.69, 9.17) is 11.6 Å². The fraction of sp³-hybridized carbons (Fsp3) is 0.370. The van der Waals surface area contributed by atoms with Crippen molar-refractivity contribution in [3.63, 3.8) is 0 Å². The zero-order valence-electron chi connectivity index (χ0n) is 18.0. The number of halogens is 1. The lowest BCUT2D eigenvalue weighted by Gasteiger charge is -2.28. The van der Waals surface area contributed by atoms with Crippen LogP contribution in [0.3, 0.4) is 0 Å². The highest BCUT2D eigenvalue weighted by atomic mass is 35.5. The van der Waals surface area contributed by atoms with Gasteiger partial charge < -0.3 is 4.90 Å². The standard InChI is InChI=1S/C27H30ClN/c1-6-12-29(13-11-17(2)3)25-15-20-8-9-21(28)16-23(20)26-22-10-7-18(4)19(5)14-24(25)27(22)26/h7-10,15-17,26H,4,6,11-13H2,1-3,5H3. The summed E-state index contributed by atoms with van der Waals surface area (Å²) >= 11 is 6.39. The Morgan fingerprint density at radius 3 is 2.72 bits per heavy atom. The van der Waals surface area contributed by atoms with Crippen LogP contribution in [0.15, 0.2) is 76.2 Å². The Morgan fingerprint density at radius 1 is 1.21 bits per heavy atom. The molecule has 1 aromatic rings. The van der Waals surface area contributed by atoms with Gasteiger partial charge in [-0.25, -0.2) is 0 Å². The van der Waals surface area contributed by atoms with Crippen LogP contribution in [-0.2, 0) is 0 Å². The van der Waals surface area contributed by atoms with Crippen LogP contribution in [0.4, 0.5) is 0 Å². The molecule has 4 rings (SSSR count). The fourth-order valence-electron chi connectivity index (χ4n) is 4.32. The van der Waals surface area contributed by atoms with Gasteiger partial charge in [-0.3, -0.25) is 0 Å². The van der Waals surface area contributed by atoms with E-state index in [1.165, 1.54) is 40.0 Å². The Balaban J connectivity index is 1.91. The Kier molecular flexibility index (Phi) is 5.47. The van der Waals surface area contributed by atoms with Gasteiger partial charge in [-0.1, -0.05) is 57.2 Å². The van der Waals surface area contributed by atoms with Crippen molar-refractivity contribution in [2.45, 2.75) is 46.5 Å². The van der Waals surface area contributed by atoms with Crippen molar-refractivity contribution in [2.24, 2.45) is 5.92 Å². The van der Waals surface area contributed by atoms with Gasteiger partial charge in [-0.15, -0.1) is 5.73 Å². The van der Waals surface area contributed by atoms with E-state index < -0.39 is 0 Å². The number of hydrogen-bond donors (Lipinski definition) is 0. The molecule has 2 heteroatoms. The lowest BCUT2D eigenvalue weighted by molar-refractivity contribution is 0.327.